The molecule has 0 aliphatic rings. The van der Waals surface area contributed by atoms with E-state index in [-0.39, 0.29) is 23.7 Å². The molecule has 5 nitrogen and oxygen atoms in total. The zero-order valence-corrected chi connectivity index (χ0v) is 9.61. The predicted octanol–water partition coefficient (Wildman–Crippen LogP) is 1.02. The van der Waals surface area contributed by atoms with Gasteiger partial charge in [0, 0.05) is 12.8 Å². The molecule has 0 aliphatic carbocycles. The Hall–Kier alpha value is -1.53. The highest BCUT2D eigenvalue weighted by molar-refractivity contribution is 7.85. The van der Waals surface area contributed by atoms with Gasteiger partial charge in [0.1, 0.15) is 0 Å². The van der Waals surface area contributed by atoms with Gasteiger partial charge in [0.2, 0.25) is 0 Å². The van der Waals surface area contributed by atoms with E-state index >= 15 is 0 Å². The first-order chi connectivity index (χ1) is 7.99. The normalized spacial score (nSPS) is 11.4. The third-order valence-corrected chi connectivity index (χ3v) is 3.18. The Morgan fingerprint density at radius 3 is 1.88 bits per heavy atom. The van der Waals surface area contributed by atoms with Gasteiger partial charge >= 0.3 is 0 Å². The average Bonchev–Trinajstić information content (AvgIpc) is 2.28. The molecule has 0 aliphatic heterocycles. The highest BCUT2D eigenvalue weighted by Gasteiger charge is 2.14. The Bertz CT molecular complexity index is 479. The van der Waals surface area contributed by atoms with Gasteiger partial charge in [0.25, 0.3) is 10.1 Å². The van der Waals surface area contributed by atoms with Crippen molar-refractivity contribution in [1.29, 1.82) is 0 Å². The van der Waals surface area contributed by atoms with E-state index in [1.807, 2.05) is 0 Å². The maximum absolute atomic E-state index is 10.8. The first-order valence-corrected chi connectivity index (χ1v) is 6.20. The molecular formula is C11H10O5S. The minimum absolute atomic E-state index is 0.0421. The maximum atomic E-state index is 10.8. The van der Waals surface area contributed by atoms with Crippen LogP contribution in [0.1, 0.15) is 24.3 Å². The summed E-state index contributed by atoms with van der Waals surface area (Å²) >= 11 is 0. The fourth-order valence-corrected chi connectivity index (χ4v) is 1.90. The molecule has 90 valence electrons. The van der Waals surface area contributed by atoms with Gasteiger partial charge in [-0.15, -0.1) is 0 Å². The Kier molecular flexibility index (Phi) is 4.53. The lowest BCUT2D eigenvalue weighted by Crippen LogP contribution is -2.02. The van der Waals surface area contributed by atoms with Crippen LogP contribution in [0.3, 0.4) is 0 Å². The smallest absolute Gasteiger partial charge is 0.291 e. The molecular weight excluding hydrogens is 244 g/mol. The summed E-state index contributed by atoms with van der Waals surface area (Å²) in [7, 11) is -4.22. The molecule has 1 aromatic carbocycles. The number of benzene rings is 1. The van der Waals surface area contributed by atoms with E-state index in [0.29, 0.717) is 5.56 Å². The van der Waals surface area contributed by atoms with Crippen molar-refractivity contribution < 1.29 is 22.6 Å². The molecule has 0 unspecified atom stereocenters. The van der Waals surface area contributed by atoms with Gasteiger partial charge in [-0.3, -0.25) is 14.1 Å². The Balaban J connectivity index is 2.99. The van der Waals surface area contributed by atoms with Crippen molar-refractivity contribution in [3.63, 3.8) is 0 Å². The van der Waals surface area contributed by atoms with Crippen LogP contribution in [0.25, 0.3) is 0 Å². The van der Waals surface area contributed by atoms with Gasteiger partial charge in [-0.05, 0) is 23.6 Å². The molecule has 6 heteroatoms. The number of hydrogen-bond donors (Lipinski definition) is 1. The quantitative estimate of drug-likeness (QED) is 0.765. The van der Waals surface area contributed by atoms with Crippen LogP contribution in [0.5, 0.6) is 0 Å². The van der Waals surface area contributed by atoms with Crippen LogP contribution in [-0.2, 0) is 19.7 Å². The fraction of sp³-hybridized carbons (Fsp3) is 0.273. The summed E-state index contributed by atoms with van der Waals surface area (Å²) in [6.07, 6.45) is 3.48. The van der Waals surface area contributed by atoms with Crippen molar-refractivity contribution in [3.8, 4) is 0 Å². The molecule has 0 saturated carbocycles. The monoisotopic (exact) mass is 254 g/mol. The summed E-state index contributed by atoms with van der Waals surface area (Å²) in [5.74, 6) is -0.361. The SMILES string of the molecule is O=[C]CC(C[C]=O)c1ccc(S(=O)(=O)O)cc1. The molecule has 17 heavy (non-hydrogen) atoms. The average molecular weight is 254 g/mol. The van der Waals surface area contributed by atoms with Crippen molar-refractivity contribution in [2.45, 2.75) is 23.7 Å². The summed E-state index contributed by atoms with van der Waals surface area (Å²) in [4.78, 5) is 20.4. The molecule has 1 N–H and O–H groups in total. The van der Waals surface area contributed by atoms with E-state index in [1.165, 1.54) is 24.3 Å². The number of rotatable bonds is 6. The van der Waals surface area contributed by atoms with Crippen LogP contribution in [0.2, 0.25) is 0 Å². The van der Waals surface area contributed by atoms with Crippen LogP contribution in [0.15, 0.2) is 29.2 Å². The molecule has 1 rings (SSSR count). The lowest BCUT2D eigenvalue weighted by Gasteiger charge is -2.10. The standard InChI is InChI=1S/C11H10O5S/c12-7-5-10(6-8-13)9-1-3-11(4-2-9)17(14,15)16/h1-4,10H,5-6H2,(H,14,15,16). The summed E-state index contributed by atoms with van der Waals surface area (Å²) in [5.41, 5.74) is 0.629. The van der Waals surface area contributed by atoms with Gasteiger partial charge in [-0.1, -0.05) is 12.1 Å². The van der Waals surface area contributed by atoms with Crippen molar-refractivity contribution in [2.75, 3.05) is 0 Å². The van der Waals surface area contributed by atoms with E-state index in [0.717, 1.165) is 0 Å². The zero-order chi connectivity index (χ0) is 12.9. The van der Waals surface area contributed by atoms with E-state index in [2.05, 4.69) is 0 Å². The van der Waals surface area contributed by atoms with Crippen molar-refractivity contribution in [2.24, 2.45) is 0 Å². The third kappa shape index (κ3) is 3.76. The first-order valence-electron chi connectivity index (χ1n) is 4.76. The first kappa shape index (κ1) is 13.5. The number of carbonyl (C=O) groups excluding carboxylic acids is 2. The summed E-state index contributed by atoms with van der Waals surface area (Å²) < 4.78 is 30.4. The highest BCUT2D eigenvalue weighted by atomic mass is 32.2. The van der Waals surface area contributed by atoms with Crippen LogP contribution >= 0.6 is 0 Å². The second kappa shape index (κ2) is 5.70. The topological polar surface area (TPSA) is 88.5 Å². The van der Waals surface area contributed by atoms with Crippen molar-refractivity contribution >= 4 is 22.7 Å². The largest absolute Gasteiger partial charge is 0.294 e. The minimum atomic E-state index is -4.22. The second-order valence-electron chi connectivity index (χ2n) is 3.44. The molecule has 0 atom stereocenters. The van der Waals surface area contributed by atoms with Crippen LogP contribution < -0.4 is 0 Å². The molecule has 1 aromatic rings. The Morgan fingerprint density at radius 1 is 1.06 bits per heavy atom. The second-order valence-corrected chi connectivity index (χ2v) is 4.86. The van der Waals surface area contributed by atoms with Gasteiger partial charge in [-0.2, -0.15) is 8.42 Å². The Labute approximate surface area is 99.2 Å². The zero-order valence-electron chi connectivity index (χ0n) is 8.79. The molecule has 0 heterocycles. The van der Waals surface area contributed by atoms with E-state index < -0.39 is 10.1 Å². The van der Waals surface area contributed by atoms with E-state index in [1.54, 1.807) is 12.6 Å². The molecule has 0 spiro atoms. The van der Waals surface area contributed by atoms with Crippen molar-refractivity contribution in [3.05, 3.63) is 29.8 Å². The fourth-order valence-electron chi connectivity index (χ4n) is 1.42. The van der Waals surface area contributed by atoms with E-state index in [9.17, 15) is 18.0 Å². The predicted molar refractivity (Wildman–Crippen MR) is 59.6 cm³/mol. The molecule has 0 bridgehead atoms. The molecule has 0 amide bonds. The lowest BCUT2D eigenvalue weighted by atomic mass is 9.94. The van der Waals surface area contributed by atoms with Gasteiger partial charge in [-0.25, -0.2) is 0 Å². The molecule has 2 radical (unpaired) electrons. The summed E-state index contributed by atoms with van der Waals surface area (Å²) in [6, 6.07) is 5.32. The summed E-state index contributed by atoms with van der Waals surface area (Å²) in [6.45, 7) is 0. The van der Waals surface area contributed by atoms with Gasteiger partial charge < -0.3 is 0 Å². The Morgan fingerprint density at radius 2 is 1.53 bits per heavy atom. The van der Waals surface area contributed by atoms with Crippen LogP contribution in [0.4, 0.5) is 0 Å². The van der Waals surface area contributed by atoms with Crippen molar-refractivity contribution in [1.82, 2.24) is 0 Å². The highest BCUT2D eigenvalue weighted by Crippen LogP contribution is 2.22. The van der Waals surface area contributed by atoms with Crippen LogP contribution in [0, 0.1) is 0 Å². The lowest BCUT2D eigenvalue weighted by molar-refractivity contribution is 0.483. The molecule has 0 aromatic heterocycles. The minimum Gasteiger partial charge on any atom is -0.291 e. The van der Waals surface area contributed by atoms with Gasteiger partial charge in [0.15, 0.2) is 12.6 Å². The van der Waals surface area contributed by atoms with E-state index in [4.69, 9.17) is 4.55 Å². The number of hydrogen-bond acceptors (Lipinski definition) is 4. The summed E-state index contributed by atoms with van der Waals surface area (Å²) in [5, 5.41) is 0. The molecule has 0 saturated heterocycles. The third-order valence-electron chi connectivity index (χ3n) is 2.31. The maximum Gasteiger partial charge on any atom is 0.294 e. The van der Waals surface area contributed by atoms with Crippen LogP contribution in [-0.4, -0.2) is 25.5 Å². The molecule has 0 fully saturated rings. The van der Waals surface area contributed by atoms with Gasteiger partial charge in [0.05, 0.1) is 4.90 Å².